The number of carbonyl (C=O) groups excluding carboxylic acids is 3. The maximum absolute atomic E-state index is 13.5. The lowest BCUT2D eigenvalue weighted by Gasteiger charge is -2.40. The fourth-order valence-electron chi connectivity index (χ4n) is 4.85. The standard InChI is InChI=1S/C27H22N6O4/c1-37-15-22-29-24(31-30-22)16-7-6-8-17(13-16)28-23(34)14-32-25-18-9-2-3-10-19(18)27(36)33(25)21-12-5-4-11-20(21)26(32)35/h2-13,25H,14-15H2,1H3,(H,28,34)(H,29,30,31). The molecule has 2 N–H and O–H groups in total. The van der Waals surface area contributed by atoms with Gasteiger partial charge in [-0.2, -0.15) is 5.10 Å². The molecule has 1 unspecified atom stereocenters. The van der Waals surface area contributed by atoms with Crippen LogP contribution in [0.2, 0.25) is 0 Å². The first-order valence-electron chi connectivity index (χ1n) is 11.7. The number of nitrogens with zero attached hydrogens (tertiary/aromatic N) is 4. The van der Waals surface area contributed by atoms with Crippen LogP contribution >= 0.6 is 0 Å². The van der Waals surface area contributed by atoms with Gasteiger partial charge in [0.1, 0.15) is 19.3 Å². The monoisotopic (exact) mass is 494 g/mol. The molecule has 0 aliphatic carbocycles. The van der Waals surface area contributed by atoms with Crippen LogP contribution in [0.15, 0.2) is 72.8 Å². The molecule has 10 nitrogen and oxygen atoms in total. The number of ether oxygens (including phenoxy) is 1. The fourth-order valence-corrected chi connectivity index (χ4v) is 4.85. The molecule has 0 fully saturated rings. The molecule has 4 aromatic rings. The molecule has 0 saturated carbocycles. The van der Waals surface area contributed by atoms with E-state index >= 15 is 0 Å². The first-order valence-corrected chi connectivity index (χ1v) is 11.7. The van der Waals surface area contributed by atoms with Crippen molar-refractivity contribution in [1.29, 1.82) is 0 Å². The van der Waals surface area contributed by atoms with E-state index in [0.717, 1.165) is 0 Å². The molecule has 37 heavy (non-hydrogen) atoms. The molecule has 1 atom stereocenters. The van der Waals surface area contributed by atoms with Gasteiger partial charge in [0, 0.05) is 29.5 Å². The van der Waals surface area contributed by atoms with Crippen LogP contribution < -0.4 is 10.2 Å². The zero-order valence-corrected chi connectivity index (χ0v) is 19.8. The van der Waals surface area contributed by atoms with Gasteiger partial charge in [0.25, 0.3) is 11.8 Å². The Morgan fingerprint density at radius 1 is 1.00 bits per heavy atom. The van der Waals surface area contributed by atoms with Crippen molar-refractivity contribution < 1.29 is 19.1 Å². The maximum Gasteiger partial charge on any atom is 0.260 e. The number of anilines is 2. The number of aromatic nitrogens is 3. The summed E-state index contributed by atoms with van der Waals surface area (Å²) in [5, 5.41) is 9.88. The highest BCUT2D eigenvalue weighted by Crippen LogP contribution is 2.45. The highest BCUT2D eigenvalue weighted by Gasteiger charge is 2.48. The molecule has 3 aromatic carbocycles. The van der Waals surface area contributed by atoms with Gasteiger partial charge in [-0.25, -0.2) is 4.98 Å². The lowest BCUT2D eigenvalue weighted by molar-refractivity contribution is -0.117. The highest BCUT2D eigenvalue weighted by atomic mass is 16.5. The molecule has 184 valence electrons. The summed E-state index contributed by atoms with van der Waals surface area (Å²) in [5.41, 5.74) is 3.38. The molecule has 1 aromatic heterocycles. The lowest BCUT2D eigenvalue weighted by Crippen LogP contribution is -2.50. The number of aromatic amines is 1. The fraction of sp³-hybridized carbons (Fsp3) is 0.148. The number of hydrogen-bond acceptors (Lipinski definition) is 6. The van der Waals surface area contributed by atoms with E-state index in [2.05, 4.69) is 20.5 Å². The Labute approximate surface area is 211 Å². The molecule has 0 bridgehead atoms. The van der Waals surface area contributed by atoms with Crippen LogP contribution in [-0.2, 0) is 16.1 Å². The molecule has 10 heteroatoms. The van der Waals surface area contributed by atoms with Gasteiger partial charge in [-0.15, -0.1) is 0 Å². The van der Waals surface area contributed by atoms with Crippen LogP contribution in [0.4, 0.5) is 11.4 Å². The van der Waals surface area contributed by atoms with Gasteiger partial charge in [0.15, 0.2) is 11.6 Å². The topological polar surface area (TPSA) is 121 Å². The molecule has 0 radical (unpaired) electrons. The number of carbonyl (C=O) groups is 3. The third-order valence-corrected chi connectivity index (χ3v) is 6.41. The van der Waals surface area contributed by atoms with Crippen molar-refractivity contribution >= 4 is 29.1 Å². The van der Waals surface area contributed by atoms with Crippen LogP contribution in [0, 0.1) is 0 Å². The summed E-state index contributed by atoms with van der Waals surface area (Å²) in [7, 11) is 1.57. The van der Waals surface area contributed by atoms with Crippen LogP contribution in [0.5, 0.6) is 0 Å². The number of methoxy groups -OCH3 is 1. The number of rotatable bonds is 6. The zero-order valence-electron chi connectivity index (χ0n) is 19.8. The third kappa shape index (κ3) is 3.83. The first kappa shape index (κ1) is 22.6. The summed E-state index contributed by atoms with van der Waals surface area (Å²) in [5.74, 6) is 0.167. The van der Waals surface area contributed by atoms with Gasteiger partial charge in [-0.1, -0.05) is 42.5 Å². The van der Waals surface area contributed by atoms with Crippen LogP contribution in [0.3, 0.4) is 0 Å². The van der Waals surface area contributed by atoms with E-state index in [-0.39, 0.29) is 18.4 Å². The van der Waals surface area contributed by atoms with Gasteiger partial charge in [-0.3, -0.25) is 24.4 Å². The molecular formula is C27H22N6O4. The highest BCUT2D eigenvalue weighted by molar-refractivity contribution is 6.17. The summed E-state index contributed by atoms with van der Waals surface area (Å²) < 4.78 is 5.07. The number of amides is 3. The molecule has 3 heterocycles. The zero-order chi connectivity index (χ0) is 25.5. The Morgan fingerprint density at radius 2 is 1.78 bits per heavy atom. The van der Waals surface area contributed by atoms with Crippen molar-refractivity contribution in [3.8, 4) is 11.4 Å². The van der Waals surface area contributed by atoms with Gasteiger partial charge in [0.2, 0.25) is 5.91 Å². The molecule has 3 amide bonds. The van der Waals surface area contributed by atoms with Gasteiger partial charge in [0.05, 0.1) is 11.3 Å². The number of hydrogen-bond donors (Lipinski definition) is 2. The molecule has 2 aliphatic rings. The van der Waals surface area contributed by atoms with Gasteiger partial charge in [-0.05, 0) is 30.3 Å². The van der Waals surface area contributed by atoms with E-state index in [4.69, 9.17) is 4.74 Å². The third-order valence-electron chi connectivity index (χ3n) is 6.41. The van der Waals surface area contributed by atoms with Crippen molar-refractivity contribution in [1.82, 2.24) is 20.1 Å². The predicted molar refractivity (Wildman–Crippen MR) is 135 cm³/mol. The minimum absolute atomic E-state index is 0.196. The Morgan fingerprint density at radius 3 is 2.62 bits per heavy atom. The Hall–Kier alpha value is -4.83. The molecular weight excluding hydrogens is 472 g/mol. The second-order valence-corrected chi connectivity index (χ2v) is 8.75. The maximum atomic E-state index is 13.5. The summed E-state index contributed by atoms with van der Waals surface area (Å²) in [6, 6.07) is 21.3. The van der Waals surface area contributed by atoms with Crippen LogP contribution in [0.25, 0.3) is 11.4 Å². The Kier molecular flexibility index (Phi) is 5.50. The normalized spacial score (nSPS) is 15.9. The number of H-pyrrole nitrogens is 1. The number of para-hydroxylation sites is 1. The van der Waals surface area contributed by atoms with E-state index in [1.54, 1.807) is 66.6 Å². The number of benzene rings is 3. The Balaban J connectivity index is 1.28. The molecule has 0 spiro atoms. The number of nitrogens with one attached hydrogen (secondary N) is 2. The van der Waals surface area contributed by atoms with E-state index in [1.165, 1.54) is 4.90 Å². The largest absolute Gasteiger partial charge is 0.377 e. The number of fused-ring (bicyclic) bond motifs is 5. The van der Waals surface area contributed by atoms with Crippen molar-refractivity contribution in [2.24, 2.45) is 0 Å². The SMILES string of the molecule is COCc1nc(-c2cccc(NC(=O)CN3C(=O)c4ccccc4N4C(=O)c5ccccc5C34)c2)n[nH]1. The quantitative estimate of drug-likeness (QED) is 0.424. The molecule has 0 saturated heterocycles. The van der Waals surface area contributed by atoms with Crippen LogP contribution in [0.1, 0.15) is 38.3 Å². The minimum Gasteiger partial charge on any atom is -0.377 e. The van der Waals surface area contributed by atoms with E-state index in [9.17, 15) is 14.4 Å². The van der Waals surface area contributed by atoms with Gasteiger partial charge < -0.3 is 15.0 Å². The Bertz CT molecular complexity index is 1550. The van der Waals surface area contributed by atoms with E-state index < -0.39 is 12.1 Å². The van der Waals surface area contributed by atoms with Crippen LogP contribution in [-0.4, -0.2) is 51.5 Å². The average Bonchev–Trinajstić information content (AvgIpc) is 3.50. The second kappa shape index (κ2) is 8.99. The summed E-state index contributed by atoms with van der Waals surface area (Å²) >= 11 is 0. The smallest absolute Gasteiger partial charge is 0.260 e. The van der Waals surface area contributed by atoms with Crippen molar-refractivity contribution in [3.63, 3.8) is 0 Å². The lowest BCUT2D eigenvalue weighted by atomic mass is 10.0. The minimum atomic E-state index is -0.698. The summed E-state index contributed by atoms with van der Waals surface area (Å²) in [6.45, 7) is 0.0685. The summed E-state index contributed by atoms with van der Waals surface area (Å²) in [4.78, 5) is 47.5. The predicted octanol–water partition coefficient (Wildman–Crippen LogP) is 3.37. The average molecular weight is 495 g/mol. The van der Waals surface area contributed by atoms with Crippen molar-refractivity contribution in [2.45, 2.75) is 12.8 Å². The first-order chi connectivity index (χ1) is 18.0. The van der Waals surface area contributed by atoms with E-state index in [0.29, 0.717) is 51.9 Å². The summed E-state index contributed by atoms with van der Waals surface area (Å²) in [6.07, 6.45) is -0.698. The van der Waals surface area contributed by atoms with Crippen molar-refractivity contribution in [3.05, 3.63) is 95.3 Å². The van der Waals surface area contributed by atoms with E-state index in [1.807, 2.05) is 18.2 Å². The van der Waals surface area contributed by atoms with Gasteiger partial charge >= 0.3 is 0 Å². The molecule has 2 aliphatic heterocycles. The second-order valence-electron chi connectivity index (χ2n) is 8.75. The van der Waals surface area contributed by atoms with Crippen molar-refractivity contribution in [2.75, 3.05) is 23.9 Å². The molecule has 6 rings (SSSR count).